The van der Waals surface area contributed by atoms with Crippen LogP contribution in [0.1, 0.15) is 19.4 Å². The topological polar surface area (TPSA) is 59.1 Å². The van der Waals surface area contributed by atoms with E-state index in [4.69, 9.17) is 9.68 Å². The van der Waals surface area contributed by atoms with Crippen molar-refractivity contribution in [3.05, 3.63) is 23.8 Å². The summed E-state index contributed by atoms with van der Waals surface area (Å²) in [5.74, 6) is 0. The molecule has 0 saturated carbocycles. The van der Waals surface area contributed by atoms with Crippen LogP contribution in [0.3, 0.4) is 0 Å². The zero-order valence-electron chi connectivity index (χ0n) is 11.3. The van der Waals surface area contributed by atoms with Crippen LogP contribution >= 0.6 is 0 Å². The molecule has 0 radical (unpaired) electrons. The van der Waals surface area contributed by atoms with Crippen molar-refractivity contribution in [2.24, 2.45) is 0 Å². The monoisotopic (exact) mass is 266 g/mol. The van der Waals surface area contributed by atoms with Gasteiger partial charge in [-0.05, 0) is 38.5 Å². The van der Waals surface area contributed by atoms with Crippen LogP contribution in [0.25, 0.3) is 0 Å². The summed E-state index contributed by atoms with van der Waals surface area (Å²) < 4.78 is 0. The van der Waals surface area contributed by atoms with E-state index < -0.39 is 0 Å². The molecule has 104 valence electrons. The zero-order valence-corrected chi connectivity index (χ0v) is 11.3. The van der Waals surface area contributed by atoms with Crippen LogP contribution in [0.2, 0.25) is 0 Å². The molecule has 19 heavy (non-hydrogen) atoms. The van der Waals surface area contributed by atoms with Gasteiger partial charge < -0.3 is 0 Å². The van der Waals surface area contributed by atoms with Gasteiger partial charge in [0, 0.05) is 0 Å². The molecule has 6 heteroatoms. The second kappa shape index (κ2) is 7.50. The van der Waals surface area contributed by atoms with Crippen LogP contribution in [0.5, 0.6) is 0 Å². The largest absolute Gasteiger partial charge is 0.276 e. The van der Waals surface area contributed by atoms with Gasteiger partial charge in [0.1, 0.15) is 0 Å². The van der Waals surface area contributed by atoms with E-state index in [9.17, 15) is 9.59 Å². The Morgan fingerprint density at radius 1 is 1.05 bits per heavy atom. The number of hydrogen-bond donors (Lipinski definition) is 0. The van der Waals surface area contributed by atoms with Crippen molar-refractivity contribution in [1.82, 2.24) is 0 Å². The maximum Gasteiger partial charge on any atom is 0.238 e. The first-order valence-electron chi connectivity index (χ1n) is 6.03. The van der Waals surface area contributed by atoms with E-state index in [2.05, 4.69) is 0 Å². The number of carbonyl (C=O) groups is 2. The number of aryl methyl sites for hydroxylation is 1. The van der Waals surface area contributed by atoms with Gasteiger partial charge in [0.05, 0.1) is 24.6 Å². The van der Waals surface area contributed by atoms with Gasteiger partial charge in [-0.3, -0.25) is 19.3 Å². The van der Waals surface area contributed by atoms with Gasteiger partial charge in [-0.2, -0.15) is 10.1 Å². The van der Waals surface area contributed by atoms with Crippen LogP contribution in [0.15, 0.2) is 18.2 Å². The summed E-state index contributed by atoms with van der Waals surface area (Å²) in [6.07, 6.45) is 1.16. The normalized spacial score (nSPS) is 10.1. The molecule has 0 unspecified atom stereocenters. The Balaban J connectivity index is 3.11. The highest BCUT2D eigenvalue weighted by molar-refractivity contribution is 5.80. The highest BCUT2D eigenvalue weighted by Crippen LogP contribution is 2.26. The third kappa shape index (κ3) is 3.77. The van der Waals surface area contributed by atoms with E-state index in [1.165, 1.54) is 0 Å². The summed E-state index contributed by atoms with van der Waals surface area (Å²) in [5.41, 5.74) is 1.96. The molecule has 0 N–H and O–H groups in total. The molecule has 0 atom stereocenters. The molecule has 1 aromatic rings. The van der Waals surface area contributed by atoms with Crippen LogP contribution in [-0.4, -0.2) is 26.0 Å². The molecule has 6 nitrogen and oxygen atoms in total. The SMILES string of the molecule is CCON(C=O)c1ccc(C)c(N(C=O)OCC)c1. The number of carbonyl (C=O) groups excluding carboxylic acids is 2. The first-order chi connectivity index (χ1) is 9.17. The number of anilines is 2. The van der Waals surface area contributed by atoms with Crippen molar-refractivity contribution in [3.8, 4) is 0 Å². The number of nitrogens with zero attached hydrogens (tertiary/aromatic N) is 2. The average Bonchev–Trinajstić information content (AvgIpc) is 2.43. The van der Waals surface area contributed by atoms with Gasteiger partial charge in [-0.25, -0.2) is 0 Å². The predicted octanol–water partition coefficient (Wildman–Crippen LogP) is 1.82. The minimum atomic E-state index is 0.366. The molecular weight excluding hydrogens is 248 g/mol. The first kappa shape index (κ1) is 15.1. The average molecular weight is 266 g/mol. The summed E-state index contributed by atoms with van der Waals surface area (Å²) in [4.78, 5) is 32.3. The van der Waals surface area contributed by atoms with E-state index >= 15 is 0 Å². The van der Waals surface area contributed by atoms with E-state index in [0.29, 0.717) is 37.4 Å². The lowest BCUT2D eigenvalue weighted by molar-refractivity contribution is -0.114. The minimum Gasteiger partial charge on any atom is -0.276 e. The highest BCUT2D eigenvalue weighted by Gasteiger charge is 2.13. The number of amides is 2. The molecule has 0 aliphatic carbocycles. The summed E-state index contributed by atoms with van der Waals surface area (Å²) in [6, 6.07) is 5.18. The molecule has 2 amide bonds. The molecule has 0 spiro atoms. The smallest absolute Gasteiger partial charge is 0.238 e. The van der Waals surface area contributed by atoms with E-state index in [1.54, 1.807) is 32.0 Å². The van der Waals surface area contributed by atoms with Gasteiger partial charge >= 0.3 is 0 Å². The van der Waals surface area contributed by atoms with E-state index in [1.807, 2.05) is 6.92 Å². The van der Waals surface area contributed by atoms with E-state index in [-0.39, 0.29) is 0 Å². The van der Waals surface area contributed by atoms with Crippen molar-refractivity contribution in [2.75, 3.05) is 23.3 Å². The Labute approximate surface area is 112 Å². The highest BCUT2D eigenvalue weighted by atomic mass is 16.7. The summed E-state index contributed by atoms with van der Waals surface area (Å²) in [5, 5.41) is 2.24. The van der Waals surface area contributed by atoms with Crippen molar-refractivity contribution >= 4 is 24.2 Å². The summed E-state index contributed by atoms with van der Waals surface area (Å²) in [7, 11) is 0. The fraction of sp³-hybridized carbons (Fsp3) is 0.385. The van der Waals surface area contributed by atoms with Gasteiger partial charge in [0.15, 0.2) is 0 Å². The van der Waals surface area contributed by atoms with E-state index in [0.717, 1.165) is 15.7 Å². The molecule has 0 bridgehead atoms. The molecule has 0 aromatic heterocycles. The minimum absolute atomic E-state index is 0.366. The molecule has 1 rings (SSSR count). The third-order valence-corrected chi connectivity index (χ3v) is 2.41. The van der Waals surface area contributed by atoms with Crippen molar-refractivity contribution in [3.63, 3.8) is 0 Å². The Bertz CT molecular complexity index is 437. The lowest BCUT2D eigenvalue weighted by Crippen LogP contribution is -2.24. The molecule has 1 aromatic carbocycles. The quantitative estimate of drug-likeness (QED) is 0.532. The fourth-order valence-electron chi connectivity index (χ4n) is 1.57. The second-order valence-electron chi connectivity index (χ2n) is 3.67. The first-order valence-corrected chi connectivity index (χ1v) is 6.03. The number of rotatable bonds is 8. The fourth-order valence-corrected chi connectivity index (χ4v) is 1.57. The van der Waals surface area contributed by atoms with Crippen molar-refractivity contribution in [2.45, 2.75) is 20.8 Å². The van der Waals surface area contributed by atoms with Crippen LogP contribution < -0.4 is 10.1 Å². The number of hydroxylamine groups is 2. The summed E-state index contributed by atoms with van der Waals surface area (Å²) >= 11 is 0. The van der Waals surface area contributed by atoms with Crippen LogP contribution in [-0.2, 0) is 19.3 Å². The predicted molar refractivity (Wildman–Crippen MR) is 71.5 cm³/mol. The molecule has 0 heterocycles. The maximum absolute atomic E-state index is 11.0. The lowest BCUT2D eigenvalue weighted by atomic mass is 10.2. The molecule has 0 aliphatic heterocycles. The Hall–Kier alpha value is -1.92. The zero-order chi connectivity index (χ0) is 14.3. The van der Waals surface area contributed by atoms with Gasteiger partial charge in [0.2, 0.25) is 12.8 Å². The number of hydrogen-bond acceptors (Lipinski definition) is 4. The molecular formula is C13H18N2O4. The molecule has 0 aliphatic rings. The third-order valence-electron chi connectivity index (χ3n) is 2.41. The maximum atomic E-state index is 11.0. The van der Waals surface area contributed by atoms with Gasteiger partial charge in [0.25, 0.3) is 0 Å². The second-order valence-corrected chi connectivity index (χ2v) is 3.67. The Morgan fingerprint density at radius 3 is 2.16 bits per heavy atom. The van der Waals surface area contributed by atoms with Crippen molar-refractivity contribution < 1.29 is 19.3 Å². The summed E-state index contributed by atoms with van der Waals surface area (Å²) in [6.45, 7) is 6.15. The van der Waals surface area contributed by atoms with Crippen LogP contribution in [0.4, 0.5) is 11.4 Å². The van der Waals surface area contributed by atoms with Crippen LogP contribution in [0, 0.1) is 6.92 Å². The lowest BCUT2D eigenvalue weighted by Gasteiger charge is -2.21. The van der Waals surface area contributed by atoms with Crippen molar-refractivity contribution in [1.29, 1.82) is 0 Å². The number of benzene rings is 1. The molecule has 0 fully saturated rings. The van der Waals surface area contributed by atoms with Gasteiger partial charge in [-0.15, -0.1) is 0 Å². The standard InChI is InChI=1S/C13H18N2O4/c1-4-18-14(9-16)12-7-6-11(3)13(8-12)15(10-17)19-5-2/h6-10H,4-5H2,1-3H3. The molecule has 0 saturated heterocycles. The van der Waals surface area contributed by atoms with Gasteiger partial charge in [-0.1, -0.05) is 6.07 Å². The Kier molecular flexibility index (Phi) is 5.98. The Morgan fingerprint density at radius 2 is 1.63 bits per heavy atom.